The number of H-pyrrole nitrogens is 1. The molecule has 0 fully saturated rings. The Morgan fingerprint density at radius 3 is 2.42 bits per heavy atom. The molecule has 0 aliphatic heterocycles. The second-order valence-electron chi connectivity index (χ2n) is 11.0. The summed E-state index contributed by atoms with van der Waals surface area (Å²) in [7, 11) is 9.02. The number of rotatable bonds is 9. The highest BCUT2D eigenvalue weighted by Crippen LogP contribution is 2.37. The standard InChI is InChI=1S/C32H36N8O3/c1-37(2)19-21-7-6-8-23(17-21)28-18-26-25(13-14-33-30(26)35-28)27-20-40(16-15-39(5)32(42)43)36-29(27)22-9-11-24(12-10-22)34-31(41)38(3)4/h6-14,17-18,20H,15-16,19H2,1-5H3,(H,33,35)(H,34,41)(H,42,43). The van der Waals surface area contributed by atoms with Gasteiger partial charge in [0.15, 0.2) is 0 Å². The summed E-state index contributed by atoms with van der Waals surface area (Å²) in [6.45, 7) is 1.52. The average molecular weight is 581 g/mol. The third kappa shape index (κ3) is 6.68. The van der Waals surface area contributed by atoms with Crippen LogP contribution in [0.2, 0.25) is 0 Å². The number of carbonyl (C=O) groups is 2. The zero-order valence-corrected chi connectivity index (χ0v) is 25.0. The fourth-order valence-electron chi connectivity index (χ4n) is 4.86. The number of carboxylic acid groups (broad SMARTS) is 1. The lowest BCUT2D eigenvalue weighted by Gasteiger charge is -2.12. The number of aromatic amines is 1. The summed E-state index contributed by atoms with van der Waals surface area (Å²) < 4.78 is 1.77. The van der Waals surface area contributed by atoms with Gasteiger partial charge >= 0.3 is 12.1 Å². The van der Waals surface area contributed by atoms with Gasteiger partial charge in [-0.3, -0.25) is 4.68 Å². The molecular weight excluding hydrogens is 544 g/mol. The minimum atomic E-state index is -0.992. The summed E-state index contributed by atoms with van der Waals surface area (Å²) in [4.78, 5) is 36.4. The van der Waals surface area contributed by atoms with E-state index in [0.29, 0.717) is 12.2 Å². The molecule has 0 spiro atoms. The van der Waals surface area contributed by atoms with Crippen LogP contribution < -0.4 is 5.32 Å². The van der Waals surface area contributed by atoms with E-state index in [4.69, 9.17) is 5.10 Å². The molecule has 0 radical (unpaired) electrons. The molecule has 0 unspecified atom stereocenters. The molecule has 222 valence electrons. The molecule has 5 aromatic rings. The number of urea groups is 1. The summed E-state index contributed by atoms with van der Waals surface area (Å²) >= 11 is 0. The zero-order valence-electron chi connectivity index (χ0n) is 25.0. The molecule has 0 aliphatic rings. The Morgan fingerprint density at radius 1 is 0.953 bits per heavy atom. The third-order valence-electron chi connectivity index (χ3n) is 7.13. The number of pyridine rings is 1. The van der Waals surface area contributed by atoms with Gasteiger partial charge < -0.3 is 30.1 Å². The van der Waals surface area contributed by atoms with Crippen LogP contribution in [0, 0.1) is 0 Å². The largest absolute Gasteiger partial charge is 0.465 e. The highest BCUT2D eigenvalue weighted by molar-refractivity contribution is 5.99. The second-order valence-corrected chi connectivity index (χ2v) is 11.0. The summed E-state index contributed by atoms with van der Waals surface area (Å²) in [6.07, 6.45) is 2.74. The molecule has 0 saturated heterocycles. The van der Waals surface area contributed by atoms with Gasteiger partial charge in [-0.1, -0.05) is 30.3 Å². The molecule has 0 aliphatic carbocycles. The number of carbonyl (C=O) groups excluding carboxylic acids is 1. The van der Waals surface area contributed by atoms with Crippen LogP contribution >= 0.6 is 0 Å². The van der Waals surface area contributed by atoms with Gasteiger partial charge in [-0.15, -0.1) is 0 Å². The van der Waals surface area contributed by atoms with Crippen LogP contribution in [-0.2, 0) is 13.1 Å². The van der Waals surface area contributed by atoms with Crippen molar-refractivity contribution in [1.29, 1.82) is 0 Å². The number of likely N-dealkylation sites (N-methyl/N-ethyl adjacent to an activating group) is 1. The van der Waals surface area contributed by atoms with Gasteiger partial charge in [-0.05, 0) is 61.1 Å². The number of amides is 3. The van der Waals surface area contributed by atoms with E-state index in [1.165, 1.54) is 22.4 Å². The Kier molecular flexibility index (Phi) is 8.44. The fourth-order valence-corrected chi connectivity index (χ4v) is 4.86. The van der Waals surface area contributed by atoms with E-state index in [1.807, 2.05) is 36.5 Å². The first-order valence-electron chi connectivity index (χ1n) is 13.9. The van der Waals surface area contributed by atoms with Crippen LogP contribution in [0.3, 0.4) is 0 Å². The monoisotopic (exact) mass is 580 g/mol. The highest BCUT2D eigenvalue weighted by Gasteiger charge is 2.18. The quantitative estimate of drug-likeness (QED) is 0.211. The molecular formula is C32H36N8O3. The van der Waals surface area contributed by atoms with Crippen molar-refractivity contribution in [2.24, 2.45) is 0 Å². The molecule has 2 aromatic carbocycles. The van der Waals surface area contributed by atoms with E-state index in [0.717, 1.165) is 51.2 Å². The van der Waals surface area contributed by atoms with Gasteiger partial charge in [-0.2, -0.15) is 5.10 Å². The van der Waals surface area contributed by atoms with Crippen molar-refractivity contribution < 1.29 is 14.7 Å². The fraction of sp³-hybridized carbons (Fsp3) is 0.250. The van der Waals surface area contributed by atoms with Crippen LogP contribution in [0.1, 0.15) is 5.56 Å². The van der Waals surface area contributed by atoms with Gasteiger partial charge in [0.05, 0.1) is 6.54 Å². The number of hydrogen-bond donors (Lipinski definition) is 3. The van der Waals surface area contributed by atoms with Crippen LogP contribution in [0.25, 0.3) is 44.7 Å². The molecule has 3 amide bonds. The van der Waals surface area contributed by atoms with E-state index in [9.17, 15) is 14.7 Å². The van der Waals surface area contributed by atoms with E-state index < -0.39 is 6.09 Å². The van der Waals surface area contributed by atoms with Gasteiger partial charge in [0.2, 0.25) is 0 Å². The minimum Gasteiger partial charge on any atom is -0.465 e. The van der Waals surface area contributed by atoms with Crippen molar-refractivity contribution in [3.8, 4) is 33.6 Å². The molecule has 3 N–H and O–H groups in total. The lowest BCUT2D eigenvalue weighted by Crippen LogP contribution is -2.28. The number of aromatic nitrogens is 4. The number of benzene rings is 2. The lowest BCUT2D eigenvalue weighted by atomic mass is 9.99. The summed E-state index contributed by atoms with van der Waals surface area (Å²) in [5.41, 5.74) is 8.14. The molecule has 0 saturated carbocycles. The van der Waals surface area contributed by atoms with E-state index in [-0.39, 0.29) is 12.6 Å². The summed E-state index contributed by atoms with van der Waals surface area (Å²) in [5, 5.41) is 18.0. The first-order valence-corrected chi connectivity index (χ1v) is 13.9. The average Bonchev–Trinajstić information content (AvgIpc) is 3.61. The Bertz CT molecular complexity index is 1750. The van der Waals surface area contributed by atoms with Crippen LogP contribution in [0.5, 0.6) is 0 Å². The first-order chi connectivity index (χ1) is 20.6. The Balaban J connectivity index is 1.56. The molecule has 11 heteroatoms. The zero-order chi connectivity index (χ0) is 30.7. The third-order valence-corrected chi connectivity index (χ3v) is 7.13. The van der Waals surface area contributed by atoms with Crippen LogP contribution in [0.4, 0.5) is 15.3 Å². The molecule has 3 aromatic heterocycles. The van der Waals surface area contributed by atoms with Crippen molar-refractivity contribution in [2.75, 3.05) is 47.1 Å². The maximum atomic E-state index is 12.1. The van der Waals surface area contributed by atoms with Gasteiger partial charge in [-0.25, -0.2) is 14.6 Å². The number of nitrogens with one attached hydrogen (secondary N) is 2. The second kappa shape index (κ2) is 12.4. The number of fused-ring (bicyclic) bond motifs is 1. The summed E-state index contributed by atoms with van der Waals surface area (Å²) in [5.74, 6) is 0. The molecule has 11 nitrogen and oxygen atoms in total. The number of anilines is 1. The van der Waals surface area contributed by atoms with Crippen LogP contribution in [-0.4, -0.2) is 93.5 Å². The Labute approximate surface area is 250 Å². The normalized spacial score (nSPS) is 11.2. The van der Waals surface area contributed by atoms with Crippen molar-refractivity contribution in [3.63, 3.8) is 0 Å². The smallest absolute Gasteiger partial charge is 0.407 e. The highest BCUT2D eigenvalue weighted by atomic mass is 16.4. The maximum absolute atomic E-state index is 12.1. The molecule has 0 bridgehead atoms. The van der Waals surface area contributed by atoms with Crippen LogP contribution in [0.15, 0.2) is 73.1 Å². The van der Waals surface area contributed by atoms with Gasteiger partial charge in [0, 0.05) is 74.5 Å². The molecule has 43 heavy (non-hydrogen) atoms. The van der Waals surface area contributed by atoms with Gasteiger partial charge in [0.1, 0.15) is 11.3 Å². The molecule has 0 atom stereocenters. The van der Waals surface area contributed by atoms with E-state index in [2.05, 4.69) is 64.6 Å². The summed E-state index contributed by atoms with van der Waals surface area (Å²) in [6, 6.07) is 19.9. The SMILES string of the molecule is CN(C)Cc1cccc(-c2cc3c(-c4cn(CCN(C)C(=O)O)nc4-c4ccc(NC(=O)N(C)C)cc4)ccnc3[nH]2)c1. The van der Waals surface area contributed by atoms with Crippen molar-refractivity contribution in [1.82, 2.24) is 34.4 Å². The number of hydrogen-bond acceptors (Lipinski definition) is 5. The van der Waals surface area contributed by atoms with Gasteiger partial charge in [0.25, 0.3) is 0 Å². The Morgan fingerprint density at radius 2 is 1.72 bits per heavy atom. The minimum absolute atomic E-state index is 0.213. The predicted octanol–water partition coefficient (Wildman–Crippen LogP) is 5.53. The predicted molar refractivity (Wildman–Crippen MR) is 169 cm³/mol. The van der Waals surface area contributed by atoms with Crippen molar-refractivity contribution in [2.45, 2.75) is 13.1 Å². The maximum Gasteiger partial charge on any atom is 0.407 e. The lowest BCUT2D eigenvalue weighted by molar-refractivity contribution is 0.154. The molecule has 3 heterocycles. The molecule has 5 rings (SSSR count). The van der Waals surface area contributed by atoms with E-state index >= 15 is 0 Å². The number of nitrogens with zero attached hydrogens (tertiary/aromatic N) is 6. The first kappa shape index (κ1) is 29.3. The Hall–Kier alpha value is -5.16. The van der Waals surface area contributed by atoms with Crippen molar-refractivity contribution in [3.05, 3.63) is 78.6 Å². The van der Waals surface area contributed by atoms with E-state index in [1.54, 1.807) is 25.0 Å². The van der Waals surface area contributed by atoms with Crippen molar-refractivity contribution >= 4 is 28.8 Å². The topological polar surface area (TPSA) is 123 Å².